The molecule has 2 aromatic rings. The number of hydrogen-bond donors (Lipinski definition) is 0. The molecule has 0 N–H and O–H groups in total. The van der Waals surface area contributed by atoms with E-state index in [2.05, 4.69) is 33.9 Å². The molecular formula is C12H16N4S. The number of rotatable bonds is 4. The zero-order valence-electron chi connectivity index (χ0n) is 10.3. The van der Waals surface area contributed by atoms with Gasteiger partial charge in [0.15, 0.2) is 0 Å². The van der Waals surface area contributed by atoms with E-state index in [-0.39, 0.29) is 0 Å². The molecule has 0 unspecified atom stereocenters. The topological polar surface area (TPSA) is 41.9 Å². The standard InChI is InChI=1S/C12H16N4S/c1-9(2)11-14-15-12(17-11)16(3)8-10-6-4-5-7-13-10/h4-7,9H,8H2,1-3H3. The van der Waals surface area contributed by atoms with Crippen LogP contribution in [0.2, 0.25) is 0 Å². The minimum Gasteiger partial charge on any atom is -0.344 e. The highest BCUT2D eigenvalue weighted by molar-refractivity contribution is 7.15. The summed E-state index contributed by atoms with van der Waals surface area (Å²) >= 11 is 1.64. The molecule has 0 aliphatic heterocycles. The second-order valence-corrected chi connectivity index (χ2v) is 5.24. The molecule has 0 aliphatic rings. The van der Waals surface area contributed by atoms with Gasteiger partial charge in [0.2, 0.25) is 5.13 Å². The summed E-state index contributed by atoms with van der Waals surface area (Å²) in [5.41, 5.74) is 1.04. The van der Waals surface area contributed by atoms with Gasteiger partial charge in [0.25, 0.3) is 0 Å². The zero-order chi connectivity index (χ0) is 12.3. The summed E-state index contributed by atoms with van der Waals surface area (Å²) in [6.45, 7) is 5.01. The fraction of sp³-hybridized carbons (Fsp3) is 0.417. The molecule has 0 fully saturated rings. The van der Waals surface area contributed by atoms with Crippen molar-refractivity contribution in [2.75, 3.05) is 11.9 Å². The molecule has 0 bridgehead atoms. The molecule has 2 rings (SSSR count). The van der Waals surface area contributed by atoms with Crippen molar-refractivity contribution in [1.29, 1.82) is 0 Å². The molecule has 2 aromatic heterocycles. The first kappa shape index (κ1) is 12.0. The largest absolute Gasteiger partial charge is 0.344 e. The van der Waals surface area contributed by atoms with Gasteiger partial charge in [-0.25, -0.2) is 0 Å². The van der Waals surface area contributed by atoms with Crippen molar-refractivity contribution in [3.63, 3.8) is 0 Å². The van der Waals surface area contributed by atoms with E-state index in [0.717, 1.165) is 22.4 Å². The number of pyridine rings is 1. The van der Waals surface area contributed by atoms with Crippen molar-refractivity contribution in [1.82, 2.24) is 15.2 Å². The lowest BCUT2D eigenvalue weighted by molar-refractivity contribution is 0.814. The van der Waals surface area contributed by atoms with E-state index in [1.54, 1.807) is 11.3 Å². The third-order valence-electron chi connectivity index (χ3n) is 2.38. The van der Waals surface area contributed by atoms with Crippen LogP contribution in [0.25, 0.3) is 0 Å². The van der Waals surface area contributed by atoms with E-state index in [4.69, 9.17) is 0 Å². The van der Waals surface area contributed by atoms with E-state index in [0.29, 0.717) is 5.92 Å². The van der Waals surface area contributed by atoms with Gasteiger partial charge in [0, 0.05) is 19.2 Å². The molecule has 0 radical (unpaired) electrons. The zero-order valence-corrected chi connectivity index (χ0v) is 11.1. The Bertz CT molecular complexity index is 466. The Balaban J connectivity index is 2.07. The molecular weight excluding hydrogens is 232 g/mol. The highest BCUT2D eigenvalue weighted by atomic mass is 32.1. The maximum absolute atomic E-state index is 4.30. The van der Waals surface area contributed by atoms with Gasteiger partial charge in [-0.3, -0.25) is 4.98 Å². The quantitative estimate of drug-likeness (QED) is 0.834. The number of anilines is 1. The summed E-state index contributed by atoms with van der Waals surface area (Å²) in [6, 6.07) is 5.93. The Morgan fingerprint density at radius 1 is 1.29 bits per heavy atom. The van der Waals surface area contributed by atoms with Crippen LogP contribution in [0.1, 0.15) is 30.5 Å². The van der Waals surface area contributed by atoms with Crippen LogP contribution in [0, 0.1) is 0 Å². The lowest BCUT2D eigenvalue weighted by atomic mass is 10.2. The molecule has 90 valence electrons. The normalized spacial score (nSPS) is 10.8. The summed E-state index contributed by atoms with van der Waals surface area (Å²) in [4.78, 5) is 6.38. The molecule has 0 saturated heterocycles. The molecule has 0 spiro atoms. The average Bonchev–Trinajstić information content (AvgIpc) is 2.79. The predicted molar refractivity (Wildman–Crippen MR) is 70.3 cm³/mol. The molecule has 17 heavy (non-hydrogen) atoms. The average molecular weight is 248 g/mol. The second kappa shape index (κ2) is 5.23. The van der Waals surface area contributed by atoms with Gasteiger partial charge in [-0.1, -0.05) is 31.3 Å². The number of aromatic nitrogens is 3. The van der Waals surface area contributed by atoms with Crippen LogP contribution >= 0.6 is 11.3 Å². The Hall–Kier alpha value is -1.49. The smallest absolute Gasteiger partial charge is 0.208 e. The van der Waals surface area contributed by atoms with Crippen LogP contribution < -0.4 is 4.90 Å². The van der Waals surface area contributed by atoms with Crippen LogP contribution in [0.15, 0.2) is 24.4 Å². The predicted octanol–water partition coefficient (Wildman–Crippen LogP) is 2.69. The summed E-state index contributed by atoms with van der Waals surface area (Å²) in [7, 11) is 2.01. The van der Waals surface area contributed by atoms with Crippen molar-refractivity contribution >= 4 is 16.5 Å². The fourth-order valence-electron chi connectivity index (χ4n) is 1.42. The van der Waals surface area contributed by atoms with E-state index in [9.17, 15) is 0 Å². The van der Waals surface area contributed by atoms with Crippen LogP contribution in [0.5, 0.6) is 0 Å². The summed E-state index contributed by atoms with van der Waals surface area (Å²) in [5.74, 6) is 0.435. The Kier molecular flexibility index (Phi) is 3.68. The molecule has 0 aromatic carbocycles. The maximum Gasteiger partial charge on any atom is 0.208 e. The van der Waals surface area contributed by atoms with Gasteiger partial charge in [0.05, 0.1) is 12.2 Å². The highest BCUT2D eigenvalue weighted by Crippen LogP contribution is 2.25. The van der Waals surface area contributed by atoms with E-state index >= 15 is 0 Å². The summed E-state index contributed by atoms with van der Waals surface area (Å²) < 4.78 is 0. The highest BCUT2D eigenvalue weighted by Gasteiger charge is 2.11. The number of hydrogen-bond acceptors (Lipinski definition) is 5. The van der Waals surface area contributed by atoms with Crippen LogP contribution in [-0.2, 0) is 6.54 Å². The molecule has 2 heterocycles. The fourth-order valence-corrected chi connectivity index (χ4v) is 2.22. The molecule has 0 saturated carbocycles. The Labute approximate surface area is 105 Å². The van der Waals surface area contributed by atoms with Crippen molar-refractivity contribution in [2.45, 2.75) is 26.3 Å². The molecule has 0 atom stereocenters. The number of nitrogens with zero attached hydrogens (tertiary/aromatic N) is 4. The third kappa shape index (κ3) is 3.00. The Morgan fingerprint density at radius 3 is 2.71 bits per heavy atom. The van der Waals surface area contributed by atoms with Crippen molar-refractivity contribution in [3.05, 3.63) is 35.1 Å². The van der Waals surface area contributed by atoms with Gasteiger partial charge < -0.3 is 4.90 Å². The first-order chi connectivity index (χ1) is 8.16. The van der Waals surface area contributed by atoms with E-state index in [1.807, 2.05) is 31.4 Å². The minimum atomic E-state index is 0.435. The molecule has 4 nitrogen and oxygen atoms in total. The molecule has 0 amide bonds. The monoisotopic (exact) mass is 248 g/mol. The lowest BCUT2D eigenvalue weighted by Crippen LogP contribution is -2.16. The summed E-state index contributed by atoms with van der Waals surface area (Å²) in [5, 5.41) is 10.4. The second-order valence-electron chi connectivity index (χ2n) is 4.25. The molecule has 0 aliphatic carbocycles. The molecule has 5 heteroatoms. The third-order valence-corrected chi connectivity index (χ3v) is 3.71. The lowest BCUT2D eigenvalue weighted by Gasteiger charge is -2.13. The maximum atomic E-state index is 4.30. The van der Waals surface area contributed by atoms with Crippen LogP contribution in [-0.4, -0.2) is 22.2 Å². The minimum absolute atomic E-state index is 0.435. The van der Waals surface area contributed by atoms with Gasteiger partial charge in [-0.15, -0.1) is 10.2 Å². The van der Waals surface area contributed by atoms with Crippen molar-refractivity contribution in [2.24, 2.45) is 0 Å². The summed E-state index contributed by atoms with van der Waals surface area (Å²) in [6.07, 6.45) is 1.81. The van der Waals surface area contributed by atoms with Crippen molar-refractivity contribution in [3.8, 4) is 0 Å². The first-order valence-corrected chi connectivity index (χ1v) is 6.43. The van der Waals surface area contributed by atoms with Gasteiger partial charge >= 0.3 is 0 Å². The van der Waals surface area contributed by atoms with Crippen molar-refractivity contribution < 1.29 is 0 Å². The van der Waals surface area contributed by atoms with E-state index < -0.39 is 0 Å². The van der Waals surface area contributed by atoms with Gasteiger partial charge in [0.1, 0.15) is 5.01 Å². The first-order valence-electron chi connectivity index (χ1n) is 5.61. The Morgan fingerprint density at radius 2 is 2.12 bits per heavy atom. The SMILES string of the molecule is CC(C)c1nnc(N(C)Cc2ccccn2)s1. The van der Waals surface area contributed by atoms with Crippen LogP contribution in [0.3, 0.4) is 0 Å². The van der Waals surface area contributed by atoms with Crippen LogP contribution in [0.4, 0.5) is 5.13 Å². The van der Waals surface area contributed by atoms with Gasteiger partial charge in [-0.05, 0) is 12.1 Å². The van der Waals surface area contributed by atoms with Gasteiger partial charge in [-0.2, -0.15) is 0 Å². The van der Waals surface area contributed by atoms with E-state index in [1.165, 1.54) is 0 Å².